The van der Waals surface area contributed by atoms with Crippen LogP contribution in [0.4, 0.5) is 4.79 Å². The average Bonchev–Trinajstić information content (AvgIpc) is 3.02. The van der Waals surface area contributed by atoms with Crippen molar-refractivity contribution < 1.29 is 24.2 Å². The molecule has 4 atom stereocenters. The Balaban J connectivity index is 1.52. The summed E-state index contributed by atoms with van der Waals surface area (Å²) < 4.78 is 5.90. The molecule has 46 heavy (non-hydrogen) atoms. The fraction of sp³-hybridized carbons (Fsp3) is 0.432. The molecule has 3 aromatic rings. The largest absolute Gasteiger partial charge is 0.483 e. The minimum absolute atomic E-state index is 0.117. The number of hydrogen-bond donors (Lipinski definition) is 4. The third-order valence-corrected chi connectivity index (χ3v) is 8.41. The van der Waals surface area contributed by atoms with E-state index in [1.165, 1.54) is 0 Å². The van der Waals surface area contributed by atoms with Crippen molar-refractivity contribution in [2.24, 2.45) is 5.92 Å². The monoisotopic (exact) mass is 628 g/mol. The van der Waals surface area contributed by atoms with Crippen molar-refractivity contribution in [3.63, 3.8) is 0 Å². The van der Waals surface area contributed by atoms with Crippen LogP contribution in [0.3, 0.4) is 0 Å². The SMILES string of the molecule is Cc1cccc(C)c1OCC(=O)N[C@@H](Cc1ccccc1)[C@@H](O)C[C@@H](Cc1ccccc1)NC(=O)[C@H](C(C)C)N1CCCNC1=O. The summed E-state index contributed by atoms with van der Waals surface area (Å²) in [6.45, 7) is 8.63. The molecule has 9 nitrogen and oxygen atoms in total. The van der Waals surface area contributed by atoms with Crippen molar-refractivity contribution in [1.82, 2.24) is 20.9 Å². The molecule has 1 saturated heterocycles. The van der Waals surface area contributed by atoms with Gasteiger partial charge in [-0.2, -0.15) is 0 Å². The van der Waals surface area contributed by atoms with Gasteiger partial charge in [-0.1, -0.05) is 92.7 Å². The molecule has 3 aromatic carbocycles. The number of aryl methyl sites for hydroxylation is 2. The highest BCUT2D eigenvalue weighted by molar-refractivity contribution is 5.87. The van der Waals surface area contributed by atoms with Gasteiger partial charge >= 0.3 is 6.03 Å². The topological polar surface area (TPSA) is 120 Å². The van der Waals surface area contributed by atoms with E-state index in [9.17, 15) is 19.5 Å². The van der Waals surface area contributed by atoms with Crippen LogP contribution in [0.5, 0.6) is 5.75 Å². The molecule has 4 rings (SSSR count). The fourth-order valence-corrected chi connectivity index (χ4v) is 6.12. The summed E-state index contributed by atoms with van der Waals surface area (Å²) in [5.41, 5.74) is 3.84. The van der Waals surface area contributed by atoms with Crippen molar-refractivity contribution >= 4 is 17.8 Å². The van der Waals surface area contributed by atoms with E-state index in [4.69, 9.17) is 4.74 Å². The molecule has 4 N–H and O–H groups in total. The predicted molar refractivity (Wildman–Crippen MR) is 180 cm³/mol. The Bertz CT molecular complexity index is 1410. The zero-order chi connectivity index (χ0) is 33.1. The minimum Gasteiger partial charge on any atom is -0.483 e. The number of nitrogens with zero attached hydrogens (tertiary/aromatic N) is 1. The highest BCUT2D eigenvalue weighted by atomic mass is 16.5. The van der Waals surface area contributed by atoms with Gasteiger partial charge in [-0.25, -0.2) is 4.79 Å². The summed E-state index contributed by atoms with van der Waals surface area (Å²) in [6.07, 6.45) is 0.831. The number of ether oxygens (including phenoxy) is 1. The molecular weight excluding hydrogens is 580 g/mol. The van der Waals surface area contributed by atoms with E-state index < -0.39 is 24.2 Å². The Morgan fingerprint density at radius 3 is 2.09 bits per heavy atom. The van der Waals surface area contributed by atoms with Crippen molar-refractivity contribution in [2.45, 2.75) is 77.6 Å². The first kappa shape index (κ1) is 34.5. The number of rotatable bonds is 15. The number of aliphatic hydroxyl groups excluding tert-OH is 1. The van der Waals surface area contributed by atoms with E-state index >= 15 is 0 Å². The number of carbonyl (C=O) groups is 3. The third kappa shape index (κ3) is 9.81. The van der Waals surface area contributed by atoms with Crippen LogP contribution >= 0.6 is 0 Å². The molecule has 0 bridgehead atoms. The van der Waals surface area contributed by atoms with E-state index in [0.29, 0.717) is 31.7 Å². The molecule has 0 unspecified atom stereocenters. The Hall–Kier alpha value is -4.37. The maximum Gasteiger partial charge on any atom is 0.318 e. The molecule has 1 aliphatic heterocycles. The van der Waals surface area contributed by atoms with Gasteiger partial charge in [0.15, 0.2) is 6.61 Å². The number of nitrogens with one attached hydrogen (secondary N) is 3. The summed E-state index contributed by atoms with van der Waals surface area (Å²) in [7, 11) is 0. The lowest BCUT2D eigenvalue weighted by Crippen LogP contribution is -2.59. The quantitative estimate of drug-likeness (QED) is 0.200. The molecule has 9 heteroatoms. The molecule has 246 valence electrons. The van der Waals surface area contributed by atoms with Gasteiger partial charge in [-0.3, -0.25) is 9.59 Å². The molecule has 0 aromatic heterocycles. The standard InChI is InChI=1S/C37H48N4O5/c1-25(2)34(41-20-12-19-38-37(41)45)36(44)39-30(21-28-15-7-5-8-16-28)23-32(42)31(22-29-17-9-6-10-18-29)40-33(43)24-46-35-26(3)13-11-14-27(35)4/h5-11,13-18,25,30-32,34,42H,12,19-24H2,1-4H3,(H,38,45)(H,39,44)(H,40,43)/t30-,31+,32+,34+/m1/s1. The van der Waals surface area contributed by atoms with E-state index in [1.54, 1.807) is 4.90 Å². The highest BCUT2D eigenvalue weighted by Crippen LogP contribution is 2.22. The van der Waals surface area contributed by atoms with Crippen LogP contribution < -0.4 is 20.7 Å². The number of aliphatic hydroxyl groups is 1. The van der Waals surface area contributed by atoms with Crippen LogP contribution in [0.1, 0.15) is 48.9 Å². The van der Waals surface area contributed by atoms with Gasteiger partial charge in [0.25, 0.3) is 5.91 Å². The number of hydrogen-bond acceptors (Lipinski definition) is 5. The second kappa shape index (κ2) is 16.8. The highest BCUT2D eigenvalue weighted by Gasteiger charge is 2.35. The summed E-state index contributed by atoms with van der Waals surface area (Å²) in [4.78, 5) is 41.3. The Morgan fingerprint density at radius 1 is 0.891 bits per heavy atom. The van der Waals surface area contributed by atoms with E-state index in [2.05, 4.69) is 16.0 Å². The zero-order valence-corrected chi connectivity index (χ0v) is 27.4. The minimum atomic E-state index is -0.992. The molecule has 1 heterocycles. The molecular formula is C37H48N4O5. The predicted octanol–water partition coefficient (Wildman–Crippen LogP) is 4.33. The Labute approximate surface area is 272 Å². The lowest BCUT2D eigenvalue weighted by atomic mass is 9.92. The van der Waals surface area contributed by atoms with Gasteiger partial charge in [0.1, 0.15) is 11.8 Å². The molecule has 0 aliphatic carbocycles. The Kier molecular flexibility index (Phi) is 12.6. The summed E-state index contributed by atoms with van der Waals surface area (Å²) >= 11 is 0. The van der Waals surface area contributed by atoms with E-state index in [0.717, 1.165) is 28.7 Å². The number of para-hydroxylation sites is 1. The first-order valence-electron chi connectivity index (χ1n) is 16.2. The van der Waals surface area contributed by atoms with Gasteiger partial charge in [0, 0.05) is 19.1 Å². The maximum absolute atomic E-state index is 13.8. The van der Waals surface area contributed by atoms with Crippen molar-refractivity contribution in [2.75, 3.05) is 19.7 Å². The molecule has 1 fully saturated rings. The molecule has 0 saturated carbocycles. The summed E-state index contributed by atoms with van der Waals surface area (Å²) in [5, 5.41) is 20.7. The van der Waals surface area contributed by atoms with Crippen LogP contribution in [0.2, 0.25) is 0 Å². The normalized spacial score (nSPS) is 15.8. The first-order valence-corrected chi connectivity index (χ1v) is 16.2. The second-order valence-electron chi connectivity index (χ2n) is 12.5. The van der Waals surface area contributed by atoms with E-state index in [-0.39, 0.29) is 36.8 Å². The van der Waals surface area contributed by atoms with Crippen LogP contribution in [-0.2, 0) is 22.4 Å². The Morgan fingerprint density at radius 2 is 1.50 bits per heavy atom. The van der Waals surface area contributed by atoms with E-state index in [1.807, 2.05) is 107 Å². The maximum atomic E-state index is 13.8. The van der Waals surface area contributed by atoms with Gasteiger partial charge in [0.2, 0.25) is 5.91 Å². The second-order valence-corrected chi connectivity index (χ2v) is 12.5. The van der Waals surface area contributed by atoms with Crippen LogP contribution in [0.15, 0.2) is 78.9 Å². The number of urea groups is 1. The molecule has 4 amide bonds. The van der Waals surface area contributed by atoms with Gasteiger partial charge < -0.3 is 30.7 Å². The van der Waals surface area contributed by atoms with Gasteiger partial charge in [-0.05, 0) is 67.7 Å². The summed E-state index contributed by atoms with van der Waals surface area (Å²) in [6, 6.07) is 23.3. The molecule has 1 aliphatic rings. The lowest BCUT2D eigenvalue weighted by Gasteiger charge is -2.37. The van der Waals surface area contributed by atoms with Crippen molar-refractivity contribution in [1.29, 1.82) is 0 Å². The number of carbonyl (C=O) groups excluding carboxylic acids is 3. The smallest absolute Gasteiger partial charge is 0.318 e. The molecule has 0 radical (unpaired) electrons. The zero-order valence-electron chi connectivity index (χ0n) is 27.4. The van der Waals surface area contributed by atoms with Gasteiger partial charge in [0.05, 0.1) is 12.1 Å². The van der Waals surface area contributed by atoms with Crippen molar-refractivity contribution in [3.8, 4) is 5.75 Å². The van der Waals surface area contributed by atoms with Crippen LogP contribution in [0.25, 0.3) is 0 Å². The van der Waals surface area contributed by atoms with Crippen LogP contribution in [-0.4, -0.2) is 71.8 Å². The summed E-state index contributed by atoms with van der Waals surface area (Å²) in [5.74, 6) is -0.0493. The number of amides is 4. The average molecular weight is 629 g/mol. The fourth-order valence-electron chi connectivity index (χ4n) is 6.12. The van der Waals surface area contributed by atoms with Crippen LogP contribution in [0, 0.1) is 19.8 Å². The van der Waals surface area contributed by atoms with Gasteiger partial charge in [-0.15, -0.1) is 0 Å². The van der Waals surface area contributed by atoms with Crippen molar-refractivity contribution in [3.05, 3.63) is 101 Å². The third-order valence-electron chi connectivity index (χ3n) is 8.41. The lowest BCUT2D eigenvalue weighted by molar-refractivity contribution is -0.128. The number of benzene rings is 3. The first-order chi connectivity index (χ1) is 22.1. The molecule has 0 spiro atoms.